The first kappa shape index (κ1) is 18.3. The number of nitrogens with zero attached hydrogens (tertiary/aromatic N) is 1. The summed E-state index contributed by atoms with van der Waals surface area (Å²) in [5.41, 5.74) is 0.0636. The fraction of sp³-hybridized carbons (Fsp3) is 0.600. The molecule has 1 aliphatic rings. The molecule has 1 fully saturated rings. The zero-order valence-electron chi connectivity index (χ0n) is 13.1. The molecule has 0 amide bonds. The first-order valence-electron chi connectivity index (χ1n) is 7.65. The molecule has 0 radical (unpaired) electrons. The largest absolute Gasteiger partial charge is 0.393 e. The molecule has 23 heavy (non-hydrogen) atoms. The van der Waals surface area contributed by atoms with E-state index in [9.17, 15) is 22.3 Å². The lowest BCUT2D eigenvalue weighted by atomic mass is 10.1. The van der Waals surface area contributed by atoms with Gasteiger partial charge in [-0.05, 0) is 50.4 Å². The summed E-state index contributed by atoms with van der Waals surface area (Å²) in [6.07, 6.45) is 1.76. The Balaban J connectivity index is 1.86. The second-order valence-corrected chi connectivity index (χ2v) is 7.59. The molecule has 8 heteroatoms. The lowest BCUT2D eigenvalue weighted by molar-refractivity contribution is 0.0823. The van der Waals surface area contributed by atoms with Gasteiger partial charge in [-0.2, -0.15) is 0 Å². The van der Waals surface area contributed by atoms with Crippen LogP contribution >= 0.6 is 0 Å². The summed E-state index contributed by atoms with van der Waals surface area (Å²) in [6.45, 7) is 3.78. The SMILES string of the molecule is Cc1cc(F)c(S(=O)(=O)NCCCN2CCC(O)CC2)cc1F. The Morgan fingerprint density at radius 2 is 1.91 bits per heavy atom. The number of hydrogen-bond donors (Lipinski definition) is 2. The van der Waals surface area contributed by atoms with Crippen LogP contribution in [0, 0.1) is 18.6 Å². The van der Waals surface area contributed by atoms with Gasteiger partial charge in [-0.1, -0.05) is 0 Å². The number of sulfonamides is 1. The maximum Gasteiger partial charge on any atom is 0.243 e. The van der Waals surface area contributed by atoms with E-state index >= 15 is 0 Å². The molecule has 5 nitrogen and oxygen atoms in total. The highest BCUT2D eigenvalue weighted by molar-refractivity contribution is 7.89. The molecule has 1 aromatic rings. The molecule has 1 aromatic carbocycles. The zero-order chi connectivity index (χ0) is 17.0. The Morgan fingerprint density at radius 3 is 2.57 bits per heavy atom. The van der Waals surface area contributed by atoms with Crippen LogP contribution < -0.4 is 4.72 Å². The molecule has 1 heterocycles. The smallest absolute Gasteiger partial charge is 0.243 e. The maximum atomic E-state index is 13.7. The van der Waals surface area contributed by atoms with Crippen LogP contribution in [0.4, 0.5) is 8.78 Å². The number of rotatable bonds is 6. The molecule has 0 saturated carbocycles. The molecule has 0 spiro atoms. The van der Waals surface area contributed by atoms with E-state index in [0.717, 1.165) is 32.0 Å². The van der Waals surface area contributed by atoms with Crippen LogP contribution in [0.5, 0.6) is 0 Å². The summed E-state index contributed by atoms with van der Waals surface area (Å²) in [5, 5.41) is 9.41. The van der Waals surface area contributed by atoms with Crippen LogP contribution in [-0.2, 0) is 10.0 Å². The van der Waals surface area contributed by atoms with Crippen molar-refractivity contribution in [3.05, 3.63) is 29.3 Å². The number of hydrogen-bond acceptors (Lipinski definition) is 4. The Labute approximate surface area is 135 Å². The van der Waals surface area contributed by atoms with Crippen LogP contribution in [0.2, 0.25) is 0 Å². The summed E-state index contributed by atoms with van der Waals surface area (Å²) in [5.74, 6) is -1.71. The molecule has 2 N–H and O–H groups in total. The summed E-state index contributed by atoms with van der Waals surface area (Å²) >= 11 is 0. The fourth-order valence-corrected chi connectivity index (χ4v) is 3.71. The fourth-order valence-electron chi connectivity index (χ4n) is 2.56. The minimum absolute atomic E-state index is 0.0636. The van der Waals surface area contributed by atoms with E-state index in [2.05, 4.69) is 9.62 Å². The normalized spacial score (nSPS) is 17.6. The molecule has 1 saturated heterocycles. The molecule has 1 aliphatic heterocycles. The van der Waals surface area contributed by atoms with E-state index < -0.39 is 26.6 Å². The van der Waals surface area contributed by atoms with Crippen LogP contribution in [0.3, 0.4) is 0 Å². The Bertz CT molecular complexity index is 644. The Morgan fingerprint density at radius 1 is 1.26 bits per heavy atom. The predicted octanol–water partition coefficient (Wildman–Crippen LogP) is 1.40. The highest BCUT2D eigenvalue weighted by atomic mass is 32.2. The van der Waals surface area contributed by atoms with Gasteiger partial charge in [0.15, 0.2) is 0 Å². The average molecular weight is 348 g/mol. The monoisotopic (exact) mass is 348 g/mol. The van der Waals surface area contributed by atoms with Crippen molar-refractivity contribution in [3.63, 3.8) is 0 Å². The van der Waals surface area contributed by atoms with Gasteiger partial charge in [0.05, 0.1) is 6.10 Å². The zero-order valence-corrected chi connectivity index (χ0v) is 13.9. The summed E-state index contributed by atoms with van der Waals surface area (Å²) in [7, 11) is -4.07. The lowest BCUT2D eigenvalue weighted by Crippen LogP contribution is -2.37. The minimum atomic E-state index is -4.07. The van der Waals surface area contributed by atoms with Crippen molar-refractivity contribution in [2.75, 3.05) is 26.2 Å². The molecule has 0 unspecified atom stereocenters. The number of aryl methyl sites for hydroxylation is 1. The minimum Gasteiger partial charge on any atom is -0.393 e. The van der Waals surface area contributed by atoms with Gasteiger partial charge in [0.2, 0.25) is 10.0 Å². The molecule has 130 valence electrons. The van der Waals surface area contributed by atoms with Crippen molar-refractivity contribution in [3.8, 4) is 0 Å². The van der Waals surface area contributed by atoms with Crippen molar-refractivity contribution in [2.45, 2.75) is 37.2 Å². The third-order valence-corrected chi connectivity index (χ3v) is 5.48. The van der Waals surface area contributed by atoms with Gasteiger partial charge in [-0.15, -0.1) is 0 Å². The van der Waals surface area contributed by atoms with Gasteiger partial charge in [0, 0.05) is 19.6 Å². The molecule has 0 aliphatic carbocycles. The van der Waals surface area contributed by atoms with Gasteiger partial charge < -0.3 is 10.0 Å². The molecule has 0 bridgehead atoms. The van der Waals surface area contributed by atoms with E-state index in [1.165, 1.54) is 6.92 Å². The highest BCUT2D eigenvalue weighted by Crippen LogP contribution is 2.18. The van der Waals surface area contributed by atoms with Crippen LogP contribution in [0.15, 0.2) is 17.0 Å². The summed E-state index contributed by atoms with van der Waals surface area (Å²) in [4.78, 5) is 1.48. The van der Waals surface area contributed by atoms with Crippen molar-refractivity contribution in [1.29, 1.82) is 0 Å². The van der Waals surface area contributed by atoms with Gasteiger partial charge >= 0.3 is 0 Å². The van der Waals surface area contributed by atoms with Gasteiger partial charge in [0.1, 0.15) is 16.5 Å². The number of piperidine rings is 1. The molecular formula is C15H22F2N2O3S. The Kier molecular flexibility index (Phi) is 6.07. The summed E-state index contributed by atoms with van der Waals surface area (Å²) < 4.78 is 53.6. The topological polar surface area (TPSA) is 69.6 Å². The maximum absolute atomic E-state index is 13.7. The van der Waals surface area contributed by atoms with Gasteiger partial charge in [0.25, 0.3) is 0 Å². The predicted molar refractivity (Wildman–Crippen MR) is 82.6 cm³/mol. The second-order valence-electron chi connectivity index (χ2n) is 5.86. The van der Waals surface area contributed by atoms with E-state index in [1.54, 1.807) is 0 Å². The van der Waals surface area contributed by atoms with E-state index in [1.807, 2.05) is 0 Å². The molecular weight excluding hydrogens is 326 g/mol. The molecule has 0 aromatic heterocycles. The van der Waals surface area contributed by atoms with Crippen LogP contribution in [-0.4, -0.2) is 50.7 Å². The van der Waals surface area contributed by atoms with Crippen molar-refractivity contribution in [1.82, 2.24) is 9.62 Å². The average Bonchev–Trinajstić information content (AvgIpc) is 2.49. The molecule has 2 rings (SSSR count). The van der Waals surface area contributed by atoms with E-state index in [0.29, 0.717) is 19.0 Å². The standard InChI is InChI=1S/C15H22F2N2O3S/c1-11-9-14(17)15(10-13(11)16)23(21,22)18-5-2-6-19-7-3-12(20)4-8-19/h9-10,12,18,20H,2-8H2,1H3. The number of nitrogens with one attached hydrogen (secondary N) is 1. The van der Waals surface area contributed by atoms with Crippen LogP contribution in [0.25, 0.3) is 0 Å². The first-order valence-corrected chi connectivity index (χ1v) is 9.13. The number of aliphatic hydroxyl groups is 1. The van der Waals surface area contributed by atoms with Crippen molar-refractivity contribution < 1.29 is 22.3 Å². The highest BCUT2D eigenvalue weighted by Gasteiger charge is 2.21. The van der Waals surface area contributed by atoms with Crippen molar-refractivity contribution in [2.24, 2.45) is 0 Å². The second kappa shape index (κ2) is 7.65. The quantitative estimate of drug-likeness (QED) is 0.763. The Hall–Kier alpha value is -1.09. The lowest BCUT2D eigenvalue weighted by Gasteiger charge is -2.29. The van der Waals surface area contributed by atoms with Gasteiger partial charge in [-0.25, -0.2) is 21.9 Å². The third-order valence-electron chi connectivity index (χ3n) is 4.00. The van der Waals surface area contributed by atoms with E-state index in [4.69, 9.17) is 0 Å². The molecule has 0 atom stereocenters. The number of halogens is 2. The van der Waals surface area contributed by atoms with Gasteiger partial charge in [-0.3, -0.25) is 0 Å². The number of aliphatic hydroxyl groups excluding tert-OH is 1. The third kappa shape index (κ3) is 4.94. The first-order chi connectivity index (χ1) is 10.8. The van der Waals surface area contributed by atoms with Crippen molar-refractivity contribution >= 4 is 10.0 Å². The number of likely N-dealkylation sites (tertiary alicyclic amines) is 1. The van der Waals surface area contributed by atoms with Crippen LogP contribution in [0.1, 0.15) is 24.8 Å². The van der Waals surface area contributed by atoms with E-state index in [-0.39, 0.29) is 18.2 Å². The number of benzene rings is 1. The summed E-state index contributed by atoms with van der Waals surface area (Å²) in [6, 6.07) is 1.59.